The highest BCUT2D eigenvalue weighted by Gasteiger charge is 2.49. The fourth-order valence-corrected chi connectivity index (χ4v) is 4.56. The minimum atomic E-state index is -0.386. The molecular weight excluding hydrogens is 362 g/mol. The fraction of sp³-hybridized carbons (Fsp3) is 0.381. The van der Waals surface area contributed by atoms with Gasteiger partial charge in [-0.25, -0.2) is 0 Å². The van der Waals surface area contributed by atoms with E-state index in [9.17, 15) is 9.59 Å². The van der Waals surface area contributed by atoms with Crippen LogP contribution in [-0.2, 0) is 4.79 Å². The average Bonchev–Trinajstić information content (AvgIpc) is 2.98. The van der Waals surface area contributed by atoms with Gasteiger partial charge in [0.1, 0.15) is 5.69 Å². The van der Waals surface area contributed by atoms with E-state index < -0.39 is 0 Å². The van der Waals surface area contributed by atoms with Crippen LogP contribution in [0.2, 0.25) is 5.02 Å². The minimum Gasteiger partial charge on any atom is -0.348 e. The molecule has 5 nitrogen and oxygen atoms in total. The van der Waals surface area contributed by atoms with Crippen LogP contribution >= 0.6 is 11.6 Å². The number of nitrogens with zero attached hydrogens (tertiary/aromatic N) is 2. The molecule has 0 radical (unpaired) electrons. The Bertz CT molecular complexity index is 858. The zero-order valence-electron chi connectivity index (χ0n) is 15.0. The van der Waals surface area contributed by atoms with E-state index in [4.69, 9.17) is 11.6 Å². The lowest BCUT2D eigenvalue weighted by Gasteiger charge is -2.36. The van der Waals surface area contributed by atoms with E-state index in [0.29, 0.717) is 23.7 Å². The van der Waals surface area contributed by atoms with E-state index in [-0.39, 0.29) is 23.3 Å². The summed E-state index contributed by atoms with van der Waals surface area (Å²) in [7, 11) is 0. The summed E-state index contributed by atoms with van der Waals surface area (Å²) >= 11 is 6.10. The quantitative estimate of drug-likeness (QED) is 0.876. The number of carbonyl (C=O) groups is 2. The lowest BCUT2D eigenvalue weighted by atomic mass is 9.71. The molecule has 6 heteroatoms. The standard InChI is InChI=1S/C21H22ClN3O2/c22-15-5-3-7-17(13-15)25-12-10-21(20(25)27)9-4-6-16(14-21)24-19(26)18-8-1-2-11-23-18/h1-3,5,7-8,11,13,16H,4,6,9-10,12,14H2,(H,24,26)/t16-,21?/m0/s1. The molecule has 2 atom stereocenters. The smallest absolute Gasteiger partial charge is 0.270 e. The number of rotatable bonds is 3. The number of aromatic nitrogens is 1. The number of hydrogen-bond acceptors (Lipinski definition) is 3. The number of hydrogen-bond donors (Lipinski definition) is 1. The number of benzene rings is 1. The van der Waals surface area contributed by atoms with Gasteiger partial charge in [0.15, 0.2) is 0 Å². The van der Waals surface area contributed by atoms with Gasteiger partial charge in [0.25, 0.3) is 5.91 Å². The Hall–Kier alpha value is -2.40. The molecule has 1 aromatic heterocycles. The normalized spacial score (nSPS) is 25.0. The van der Waals surface area contributed by atoms with Gasteiger partial charge in [-0.1, -0.05) is 30.2 Å². The van der Waals surface area contributed by atoms with Crippen LogP contribution in [0.25, 0.3) is 0 Å². The van der Waals surface area contributed by atoms with Gasteiger partial charge in [0.2, 0.25) is 5.91 Å². The topological polar surface area (TPSA) is 62.3 Å². The Kier molecular flexibility index (Phi) is 4.87. The van der Waals surface area contributed by atoms with E-state index in [1.807, 2.05) is 29.2 Å². The molecule has 4 rings (SSSR count). The lowest BCUT2D eigenvalue weighted by Crippen LogP contribution is -2.46. The molecule has 1 N–H and O–H groups in total. The SMILES string of the molecule is O=C(N[C@H]1CCCC2(CCN(c3cccc(Cl)c3)C2=O)C1)c1ccccn1. The van der Waals surface area contributed by atoms with Crippen LogP contribution in [0.1, 0.15) is 42.6 Å². The van der Waals surface area contributed by atoms with Crippen molar-refractivity contribution in [1.82, 2.24) is 10.3 Å². The van der Waals surface area contributed by atoms with Crippen LogP contribution < -0.4 is 10.2 Å². The second kappa shape index (κ2) is 7.31. The van der Waals surface area contributed by atoms with Gasteiger partial charge >= 0.3 is 0 Å². The fourth-order valence-electron chi connectivity index (χ4n) is 4.37. The molecule has 2 aromatic rings. The van der Waals surface area contributed by atoms with Crippen molar-refractivity contribution in [3.63, 3.8) is 0 Å². The first-order chi connectivity index (χ1) is 13.1. The van der Waals surface area contributed by atoms with Crippen LogP contribution in [0.4, 0.5) is 5.69 Å². The van der Waals surface area contributed by atoms with Crippen molar-refractivity contribution < 1.29 is 9.59 Å². The molecule has 1 aromatic carbocycles. The van der Waals surface area contributed by atoms with Gasteiger partial charge in [0, 0.05) is 29.5 Å². The van der Waals surface area contributed by atoms with Crippen molar-refractivity contribution in [3.05, 3.63) is 59.4 Å². The van der Waals surface area contributed by atoms with E-state index in [0.717, 1.165) is 31.4 Å². The molecule has 1 spiro atoms. The third kappa shape index (κ3) is 3.56. The third-order valence-electron chi connectivity index (χ3n) is 5.71. The number of nitrogens with one attached hydrogen (secondary N) is 1. The molecule has 2 fully saturated rings. The highest BCUT2D eigenvalue weighted by atomic mass is 35.5. The Morgan fingerprint density at radius 2 is 2.11 bits per heavy atom. The summed E-state index contributed by atoms with van der Waals surface area (Å²) < 4.78 is 0. The zero-order valence-corrected chi connectivity index (χ0v) is 15.8. The lowest BCUT2D eigenvalue weighted by molar-refractivity contribution is -0.127. The van der Waals surface area contributed by atoms with Crippen molar-refractivity contribution in [2.24, 2.45) is 5.41 Å². The molecule has 1 aliphatic carbocycles. The first kappa shape index (κ1) is 18.0. The highest BCUT2D eigenvalue weighted by molar-refractivity contribution is 6.31. The maximum absolute atomic E-state index is 13.3. The van der Waals surface area contributed by atoms with Gasteiger partial charge in [-0.05, 0) is 56.0 Å². The summed E-state index contributed by atoms with van der Waals surface area (Å²) in [4.78, 5) is 31.6. The van der Waals surface area contributed by atoms with E-state index in [1.54, 1.807) is 24.4 Å². The predicted octanol–water partition coefficient (Wildman–Crippen LogP) is 3.83. The molecule has 2 heterocycles. The minimum absolute atomic E-state index is 0.00322. The Balaban J connectivity index is 1.47. The second-order valence-corrected chi connectivity index (χ2v) is 7.89. The molecule has 1 aliphatic heterocycles. The summed E-state index contributed by atoms with van der Waals surface area (Å²) in [5.74, 6) is -0.0173. The van der Waals surface area contributed by atoms with Gasteiger partial charge < -0.3 is 10.2 Å². The van der Waals surface area contributed by atoms with Gasteiger partial charge in [-0.15, -0.1) is 0 Å². The summed E-state index contributed by atoms with van der Waals surface area (Å²) in [6.45, 7) is 0.695. The van der Waals surface area contributed by atoms with Crippen LogP contribution in [0, 0.1) is 5.41 Å². The van der Waals surface area contributed by atoms with E-state index in [2.05, 4.69) is 10.3 Å². The van der Waals surface area contributed by atoms with E-state index >= 15 is 0 Å². The van der Waals surface area contributed by atoms with Crippen LogP contribution in [0.5, 0.6) is 0 Å². The largest absolute Gasteiger partial charge is 0.348 e. The number of carbonyl (C=O) groups excluding carboxylic acids is 2. The number of anilines is 1. The monoisotopic (exact) mass is 383 g/mol. The second-order valence-electron chi connectivity index (χ2n) is 7.45. The molecule has 27 heavy (non-hydrogen) atoms. The molecule has 1 saturated heterocycles. The predicted molar refractivity (Wildman–Crippen MR) is 105 cm³/mol. The van der Waals surface area contributed by atoms with Gasteiger partial charge in [-0.2, -0.15) is 0 Å². The van der Waals surface area contributed by atoms with Crippen molar-refractivity contribution in [3.8, 4) is 0 Å². The molecule has 2 aliphatic rings. The van der Waals surface area contributed by atoms with Crippen LogP contribution in [0.15, 0.2) is 48.7 Å². The molecule has 140 valence electrons. The van der Waals surface area contributed by atoms with Crippen molar-refractivity contribution in [1.29, 1.82) is 0 Å². The van der Waals surface area contributed by atoms with Crippen LogP contribution in [0.3, 0.4) is 0 Å². The van der Waals surface area contributed by atoms with Crippen LogP contribution in [-0.4, -0.2) is 29.4 Å². The number of pyridine rings is 1. The van der Waals surface area contributed by atoms with Crippen molar-refractivity contribution >= 4 is 29.1 Å². The number of halogens is 1. The molecule has 0 bridgehead atoms. The Labute approximate surface area is 163 Å². The third-order valence-corrected chi connectivity index (χ3v) is 5.95. The summed E-state index contributed by atoms with van der Waals surface area (Å²) in [5.41, 5.74) is 0.877. The van der Waals surface area contributed by atoms with Crippen molar-refractivity contribution in [2.75, 3.05) is 11.4 Å². The zero-order chi connectivity index (χ0) is 18.9. The van der Waals surface area contributed by atoms with E-state index in [1.165, 1.54) is 0 Å². The molecule has 1 unspecified atom stereocenters. The summed E-state index contributed by atoms with van der Waals surface area (Å²) in [6.07, 6.45) is 5.81. The molecular formula is C21H22ClN3O2. The average molecular weight is 384 g/mol. The molecule has 2 amide bonds. The summed E-state index contributed by atoms with van der Waals surface area (Å²) in [5, 5.41) is 3.71. The Morgan fingerprint density at radius 1 is 1.22 bits per heavy atom. The van der Waals surface area contributed by atoms with Crippen molar-refractivity contribution in [2.45, 2.75) is 38.1 Å². The first-order valence-electron chi connectivity index (χ1n) is 9.37. The Morgan fingerprint density at radius 3 is 2.89 bits per heavy atom. The number of amides is 2. The van der Waals surface area contributed by atoms with Gasteiger partial charge in [0.05, 0.1) is 5.41 Å². The molecule has 1 saturated carbocycles. The first-order valence-corrected chi connectivity index (χ1v) is 9.75. The van der Waals surface area contributed by atoms with Gasteiger partial charge in [-0.3, -0.25) is 14.6 Å². The maximum atomic E-state index is 13.3. The summed E-state index contributed by atoms with van der Waals surface area (Å²) in [6, 6.07) is 12.7. The maximum Gasteiger partial charge on any atom is 0.270 e. The highest BCUT2D eigenvalue weighted by Crippen LogP contribution is 2.46.